The van der Waals surface area contributed by atoms with Crippen LogP contribution in [0.3, 0.4) is 0 Å². The molecule has 0 spiro atoms. The fourth-order valence-electron chi connectivity index (χ4n) is 2.04. The van der Waals surface area contributed by atoms with Gasteiger partial charge in [-0.15, -0.1) is 0 Å². The van der Waals surface area contributed by atoms with Crippen LogP contribution in [0.5, 0.6) is 0 Å². The molecule has 0 amide bonds. The summed E-state index contributed by atoms with van der Waals surface area (Å²) in [4.78, 5) is 0. The molecule has 5 heteroatoms. The van der Waals surface area contributed by atoms with Crippen molar-refractivity contribution >= 4 is 23.2 Å². The molecule has 0 aliphatic carbocycles. The molecule has 0 saturated carbocycles. The molecule has 3 nitrogen and oxygen atoms in total. The van der Waals surface area contributed by atoms with Gasteiger partial charge in [-0.1, -0.05) is 29.3 Å². The van der Waals surface area contributed by atoms with Crippen LogP contribution in [0, 0.1) is 6.92 Å². The van der Waals surface area contributed by atoms with Crippen LogP contribution in [0.25, 0.3) is 0 Å². The number of hydrogen-bond acceptors (Lipinski definition) is 3. The second-order valence-corrected chi connectivity index (χ2v) is 5.27. The smallest absolute Gasteiger partial charge is 0.101 e. The van der Waals surface area contributed by atoms with E-state index < -0.39 is 6.10 Å². The molecule has 3 N–H and O–H groups in total. The average molecular weight is 300 g/mol. The Hall–Kier alpha value is -1.00. The zero-order chi connectivity index (χ0) is 14.0. The molecule has 0 aliphatic heterocycles. The molecule has 19 heavy (non-hydrogen) atoms. The van der Waals surface area contributed by atoms with E-state index in [9.17, 15) is 5.11 Å². The lowest BCUT2D eigenvalue weighted by molar-refractivity contribution is 0.146. The van der Waals surface area contributed by atoms with Gasteiger partial charge in [0.1, 0.15) is 5.76 Å². The van der Waals surface area contributed by atoms with Crippen LogP contribution in [0.15, 0.2) is 34.9 Å². The first-order valence-corrected chi connectivity index (χ1v) is 6.66. The third-order valence-corrected chi connectivity index (χ3v) is 3.84. The topological polar surface area (TPSA) is 59.4 Å². The molecule has 1 aromatic carbocycles. The van der Waals surface area contributed by atoms with E-state index in [2.05, 4.69) is 0 Å². The summed E-state index contributed by atoms with van der Waals surface area (Å²) in [6, 6.07) is 7.06. The first kappa shape index (κ1) is 14.4. The predicted octanol–water partition coefficient (Wildman–Crippen LogP) is 3.67. The van der Waals surface area contributed by atoms with Gasteiger partial charge in [-0.3, -0.25) is 0 Å². The summed E-state index contributed by atoms with van der Waals surface area (Å²) in [7, 11) is 0. The summed E-state index contributed by atoms with van der Waals surface area (Å²) < 4.78 is 5.21. The van der Waals surface area contributed by atoms with E-state index in [1.807, 2.05) is 13.0 Å². The van der Waals surface area contributed by atoms with Gasteiger partial charge in [0.25, 0.3) is 0 Å². The monoisotopic (exact) mass is 299 g/mol. The molecule has 0 saturated heterocycles. The van der Waals surface area contributed by atoms with Gasteiger partial charge in [-0.25, -0.2) is 0 Å². The number of benzene rings is 1. The van der Waals surface area contributed by atoms with Crippen LogP contribution >= 0.6 is 23.2 Å². The minimum atomic E-state index is -0.736. The van der Waals surface area contributed by atoms with Gasteiger partial charge in [-0.05, 0) is 30.7 Å². The van der Waals surface area contributed by atoms with Crippen molar-refractivity contribution in [1.82, 2.24) is 0 Å². The van der Waals surface area contributed by atoms with E-state index in [1.54, 1.807) is 24.5 Å². The number of halogens is 2. The van der Waals surface area contributed by atoms with Crippen LogP contribution in [0.2, 0.25) is 10.0 Å². The van der Waals surface area contributed by atoms with Crippen LogP contribution in [0.1, 0.15) is 28.9 Å². The molecule has 2 unspecified atom stereocenters. The SMILES string of the molecule is Cc1cc(C(O)C(CN)c2ccc(Cl)c(Cl)c2)co1. The lowest BCUT2D eigenvalue weighted by Gasteiger charge is -2.21. The third-order valence-electron chi connectivity index (χ3n) is 3.10. The molecule has 1 aromatic heterocycles. The number of nitrogens with two attached hydrogens (primary N) is 1. The highest BCUT2D eigenvalue weighted by atomic mass is 35.5. The average Bonchev–Trinajstić information content (AvgIpc) is 2.81. The normalized spacial score (nSPS) is 14.4. The van der Waals surface area contributed by atoms with Gasteiger partial charge in [0.05, 0.1) is 22.4 Å². The summed E-state index contributed by atoms with van der Waals surface area (Å²) >= 11 is 11.9. The Bertz CT molecular complexity index is 568. The van der Waals surface area contributed by atoms with Gasteiger partial charge < -0.3 is 15.3 Å². The van der Waals surface area contributed by atoms with Crippen LogP contribution in [-0.2, 0) is 0 Å². The summed E-state index contributed by atoms with van der Waals surface area (Å²) in [6.07, 6.45) is 0.805. The van der Waals surface area contributed by atoms with Crippen molar-refractivity contribution in [2.24, 2.45) is 5.73 Å². The highest BCUT2D eigenvalue weighted by molar-refractivity contribution is 6.42. The van der Waals surface area contributed by atoms with Crippen LogP contribution in [-0.4, -0.2) is 11.7 Å². The van der Waals surface area contributed by atoms with Crippen molar-refractivity contribution < 1.29 is 9.52 Å². The van der Waals surface area contributed by atoms with Crippen molar-refractivity contribution in [3.05, 3.63) is 57.5 Å². The Morgan fingerprint density at radius 2 is 1.95 bits per heavy atom. The first-order valence-electron chi connectivity index (χ1n) is 5.91. The van der Waals surface area contributed by atoms with Gasteiger partial charge in [0, 0.05) is 18.0 Å². The van der Waals surface area contributed by atoms with E-state index in [-0.39, 0.29) is 5.92 Å². The van der Waals surface area contributed by atoms with Gasteiger partial charge >= 0.3 is 0 Å². The number of aryl methyl sites for hydroxylation is 1. The summed E-state index contributed by atoms with van der Waals surface area (Å²) in [5.41, 5.74) is 7.33. The minimum Gasteiger partial charge on any atom is -0.469 e. The molecule has 1 heterocycles. The van der Waals surface area contributed by atoms with Gasteiger partial charge in [0.15, 0.2) is 0 Å². The summed E-state index contributed by atoms with van der Waals surface area (Å²) in [6.45, 7) is 2.12. The number of aliphatic hydroxyl groups excluding tert-OH is 1. The van der Waals surface area contributed by atoms with Crippen molar-refractivity contribution in [2.45, 2.75) is 18.9 Å². The number of furan rings is 1. The van der Waals surface area contributed by atoms with Crippen LogP contribution in [0.4, 0.5) is 0 Å². The Morgan fingerprint density at radius 3 is 2.47 bits per heavy atom. The fraction of sp³-hybridized carbons (Fsp3) is 0.286. The van der Waals surface area contributed by atoms with E-state index in [0.717, 1.165) is 11.3 Å². The number of hydrogen-bond donors (Lipinski definition) is 2. The Morgan fingerprint density at radius 1 is 1.21 bits per heavy atom. The number of aliphatic hydroxyl groups is 1. The van der Waals surface area contributed by atoms with Crippen molar-refractivity contribution in [1.29, 1.82) is 0 Å². The molecular formula is C14H15Cl2NO2. The maximum atomic E-state index is 10.4. The quantitative estimate of drug-likeness (QED) is 0.905. The van der Waals surface area contributed by atoms with Crippen molar-refractivity contribution in [3.8, 4) is 0 Å². The maximum absolute atomic E-state index is 10.4. The Balaban J connectivity index is 2.30. The zero-order valence-electron chi connectivity index (χ0n) is 10.4. The molecule has 0 fully saturated rings. The fourth-order valence-corrected chi connectivity index (χ4v) is 2.35. The molecule has 2 rings (SSSR count). The zero-order valence-corrected chi connectivity index (χ0v) is 11.9. The molecule has 2 atom stereocenters. The Kier molecular flexibility index (Phi) is 4.53. The molecule has 0 bridgehead atoms. The molecule has 0 aliphatic rings. The van der Waals surface area contributed by atoms with Crippen molar-refractivity contribution in [3.63, 3.8) is 0 Å². The highest BCUT2D eigenvalue weighted by Gasteiger charge is 2.23. The van der Waals surface area contributed by atoms with E-state index >= 15 is 0 Å². The van der Waals surface area contributed by atoms with Crippen molar-refractivity contribution in [2.75, 3.05) is 6.54 Å². The number of rotatable bonds is 4. The molecule has 102 valence electrons. The first-order chi connectivity index (χ1) is 9.02. The minimum absolute atomic E-state index is 0.258. The van der Waals surface area contributed by atoms with E-state index in [0.29, 0.717) is 22.2 Å². The predicted molar refractivity (Wildman–Crippen MR) is 76.7 cm³/mol. The van der Waals surface area contributed by atoms with E-state index in [4.69, 9.17) is 33.4 Å². The lowest BCUT2D eigenvalue weighted by atomic mass is 9.90. The van der Waals surface area contributed by atoms with Gasteiger partial charge in [0.2, 0.25) is 0 Å². The summed E-state index contributed by atoms with van der Waals surface area (Å²) in [5, 5.41) is 11.3. The lowest BCUT2D eigenvalue weighted by Crippen LogP contribution is -2.19. The Labute approximate surface area is 121 Å². The van der Waals surface area contributed by atoms with Gasteiger partial charge in [-0.2, -0.15) is 0 Å². The third kappa shape index (κ3) is 3.12. The largest absolute Gasteiger partial charge is 0.469 e. The summed E-state index contributed by atoms with van der Waals surface area (Å²) in [5.74, 6) is 0.491. The molecular weight excluding hydrogens is 285 g/mol. The van der Waals surface area contributed by atoms with E-state index in [1.165, 1.54) is 0 Å². The maximum Gasteiger partial charge on any atom is 0.101 e. The van der Waals surface area contributed by atoms with Crippen LogP contribution < -0.4 is 5.73 Å². The molecule has 2 aromatic rings. The second kappa shape index (κ2) is 5.97. The molecule has 0 radical (unpaired) electrons. The second-order valence-electron chi connectivity index (χ2n) is 4.45. The standard InChI is InChI=1S/C14H15Cl2NO2/c1-8-4-10(7-19-8)14(18)11(6-17)9-2-3-12(15)13(16)5-9/h2-5,7,11,14,18H,6,17H2,1H3. The highest BCUT2D eigenvalue weighted by Crippen LogP contribution is 2.34.